The highest BCUT2D eigenvalue weighted by molar-refractivity contribution is 5.94. The molecule has 2 amide bonds. The molecule has 0 unspecified atom stereocenters. The van der Waals surface area contributed by atoms with Gasteiger partial charge in [0.2, 0.25) is 5.91 Å². The molecule has 25 heavy (non-hydrogen) atoms. The molecule has 0 bridgehead atoms. The third-order valence-corrected chi connectivity index (χ3v) is 3.91. The monoisotopic (exact) mass is 355 g/mol. The Hall–Kier alpha value is -2.22. The molecule has 1 N–H and O–H groups in total. The number of ether oxygens (including phenoxy) is 1. The first-order valence-corrected chi connectivity index (χ1v) is 8.32. The maximum Gasteiger partial charge on any atom is 0.387 e. The maximum absolute atomic E-state index is 12.5. The van der Waals surface area contributed by atoms with Crippen molar-refractivity contribution in [1.82, 2.24) is 15.1 Å². The van der Waals surface area contributed by atoms with Gasteiger partial charge in [0.05, 0.1) is 6.54 Å². The molecule has 0 aromatic heterocycles. The Morgan fingerprint density at radius 3 is 2.60 bits per heavy atom. The second-order valence-electron chi connectivity index (χ2n) is 5.82. The van der Waals surface area contributed by atoms with Gasteiger partial charge in [-0.2, -0.15) is 8.78 Å². The lowest BCUT2D eigenvalue weighted by atomic mass is 10.1. The summed E-state index contributed by atoms with van der Waals surface area (Å²) in [5.74, 6) is -0.277. The number of carbonyl (C=O) groups excluding carboxylic acids is 2. The van der Waals surface area contributed by atoms with Crippen LogP contribution >= 0.6 is 0 Å². The lowest BCUT2D eigenvalue weighted by Crippen LogP contribution is -2.51. The molecule has 1 aliphatic heterocycles. The molecule has 1 heterocycles. The van der Waals surface area contributed by atoms with Gasteiger partial charge in [0, 0.05) is 38.3 Å². The van der Waals surface area contributed by atoms with E-state index in [1.165, 1.54) is 18.2 Å². The fourth-order valence-electron chi connectivity index (χ4n) is 2.62. The Morgan fingerprint density at radius 2 is 1.96 bits per heavy atom. The maximum atomic E-state index is 12.5. The molecule has 6 nitrogen and oxygen atoms in total. The minimum Gasteiger partial charge on any atom is -0.435 e. The van der Waals surface area contributed by atoms with E-state index >= 15 is 0 Å². The minimum absolute atomic E-state index is 0.0153. The summed E-state index contributed by atoms with van der Waals surface area (Å²) in [7, 11) is 0. The lowest BCUT2D eigenvalue weighted by molar-refractivity contribution is -0.122. The second kappa shape index (κ2) is 9.31. The summed E-state index contributed by atoms with van der Waals surface area (Å²) in [4.78, 5) is 27.9. The van der Waals surface area contributed by atoms with Crippen LogP contribution in [-0.2, 0) is 4.79 Å². The van der Waals surface area contributed by atoms with E-state index < -0.39 is 6.61 Å². The molecule has 8 heteroatoms. The molecule has 0 atom stereocenters. The summed E-state index contributed by atoms with van der Waals surface area (Å²) < 4.78 is 28.9. The van der Waals surface area contributed by atoms with Crippen LogP contribution in [0.4, 0.5) is 8.78 Å². The van der Waals surface area contributed by atoms with Crippen molar-refractivity contribution in [2.45, 2.75) is 20.0 Å². The molecule has 1 aromatic carbocycles. The summed E-state index contributed by atoms with van der Waals surface area (Å²) in [6, 6.07) is 5.79. The number of rotatable bonds is 7. The third kappa shape index (κ3) is 5.97. The number of amides is 2. The average molecular weight is 355 g/mol. The number of hydrogen-bond acceptors (Lipinski definition) is 4. The summed E-state index contributed by atoms with van der Waals surface area (Å²) >= 11 is 0. The van der Waals surface area contributed by atoms with Crippen LogP contribution in [0.5, 0.6) is 5.75 Å². The van der Waals surface area contributed by atoms with Crippen molar-refractivity contribution in [3.63, 3.8) is 0 Å². The molecule has 2 rings (SSSR count). The van der Waals surface area contributed by atoms with Crippen molar-refractivity contribution < 1.29 is 23.1 Å². The summed E-state index contributed by atoms with van der Waals surface area (Å²) in [6.07, 6.45) is 0.891. The van der Waals surface area contributed by atoms with Gasteiger partial charge in [-0.25, -0.2) is 0 Å². The molecule has 1 saturated heterocycles. The van der Waals surface area contributed by atoms with Crippen LogP contribution in [0, 0.1) is 0 Å². The van der Waals surface area contributed by atoms with Crippen LogP contribution in [0.1, 0.15) is 23.7 Å². The standard InChI is InChI=1S/C17H23F2N3O3/c1-2-6-20-15(23)12-21-7-9-22(10-8-21)16(24)13-4-3-5-14(11-13)25-17(18)19/h3-5,11,17H,2,6-10,12H2,1H3,(H,20,23). The van der Waals surface area contributed by atoms with Crippen molar-refractivity contribution in [2.75, 3.05) is 39.3 Å². The molecule has 138 valence electrons. The Kier molecular flexibility index (Phi) is 7.12. The molecule has 0 spiro atoms. The van der Waals surface area contributed by atoms with E-state index in [9.17, 15) is 18.4 Å². The van der Waals surface area contributed by atoms with Crippen molar-refractivity contribution in [2.24, 2.45) is 0 Å². The van der Waals surface area contributed by atoms with Gasteiger partial charge in [-0.1, -0.05) is 13.0 Å². The van der Waals surface area contributed by atoms with Gasteiger partial charge in [0.25, 0.3) is 5.91 Å². The predicted octanol–water partition coefficient (Wildman–Crippen LogP) is 1.57. The molecule has 1 aromatic rings. The van der Waals surface area contributed by atoms with Gasteiger partial charge in [-0.05, 0) is 24.6 Å². The number of alkyl halides is 2. The Balaban J connectivity index is 1.86. The van der Waals surface area contributed by atoms with E-state index in [0.29, 0.717) is 44.8 Å². The number of benzene rings is 1. The lowest BCUT2D eigenvalue weighted by Gasteiger charge is -2.34. The summed E-state index contributed by atoms with van der Waals surface area (Å²) in [5, 5.41) is 2.82. The van der Waals surface area contributed by atoms with Gasteiger partial charge in [0.15, 0.2) is 0 Å². The fourth-order valence-corrected chi connectivity index (χ4v) is 2.62. The molecular weight excluding hydrogens is 332 g/mol. The zero-order valence-electron chi connectivity index (χ0n) is 14.2. The summed E-state index contributed by atoms with van der Waals surface area (Å²) in [5.41, 5.74) is 0.312. The van der Waals surface area contributed by atoms with E-state index in [1.807, 2.05) is 11.8 Å². The predicted molar refractivity (Wildman–Crippen MR) is 88.7 cm³/mol. The van der Waals surface area contributed by atoms with Gasteiger partial charge >= 0.3 is 6.61 Å². The Labute approximate surface area is 145 Å². The van der Waals surface area contributed by atoms with Crippen molar-refractivity contribution in [3.05, 3.63) is 29.8 Å². The van der Waals surface area contributed by atoms with Crippen molar-refractivity contribution in [3.8, 4) is 5.75 Å². The van der Waals surface area contributed by atoms with Crippen LogP contribution in [0.3, 0.4) is 0 Å². The van der Waals surface area contributed by atoms with Crippen molar-refractivity contribution in [1.29, 1.82) is 0 Å². The highest BCUT2D eigenvalue weighted by Gasteiger charge is 2.23. The number of nitrogens with zero attached hydrogens (tertiary/aromatic N) is 2. The van der Waals surface area contributed by atoms with Gasteiger partial charge < -0.3 is 15.0 Å². The minimum atomic E-state index is -2.92. The van der Waals surface area contributed by atoms with Gasteiger partial charge in [0.1, 0.15) is 5.75 Å². The van der Waals surface area contributed by atoms with Crippen LogP contribution in [-0.4, -0.2) is 67.5 Å². The van der Waals surface area contributed by atoms with Crippen LogP contribution in [0.15, 0.2) is 24.3 Å². The smallest absolute Gasteiger partial charge is 0.387 e. The molecular formula is C17H23F2N3O3. The Bertz CT molecular complexity index is 590. The average Bonchev–Trinajstić information content (AvgIpc) is 2.59. The molecule has 1 aliphatic rings. The number of nitrogens with one attached hydrogen (secondary N) is 1. The number of hydrogen-bond donors (Lipinski definition) is 1. The normalized spacial score (nSPS) is 15.3. The number of halogens is 2. The van der Waals surface area contributed by atoms with E-state index in [-0.39, 0.29) is 17.6 Å². The van der Waals surface area contributed by atoms with E-state index in [2.05, 4.69) is 10.1 Å². The first-order valence-electron chi connectivity index (χ1n) is 8.32. The molecule has 0 radical (unpaired) electrons. The van der Waals surface area contributed by atoms with Crippen LogP contribution in [0.2, 0.25) is 0 Å². The topological polar surface area (TPSA) is 61.9 Å². The zero-order valence-corrected chi connectivity index (χ0v) is 14.2. The molecule has 0 aliphatic carbocycles. The van der Waals surface area contributed by atoms with Gasteiger partial charge in [-0.15, -0.1) is 0 Å². The van der Waals surface area contributed by atoms with Crippen LogP contribution in [0.25, 0.3) is 0 Å². The van der Waals surface area contributed by atoms with E-state index in [1.54, 1.807) is 11.0 Å². The first-order chi connectivity index (χ1) is 12.0. The zero-order chi connectivity index (χ0) is 18.2. The van der Waals surface area contributed by atoms with E-state index in [0.717, 1.165) is 6.42 Å². The third-order valence-electron chi connectivity index (χ3n) is 3.91. The van der Waals surface area contributed by atoms with Crippen molar-refractivity contribution >= 4 is 11.8 Å². The Morgan fingerprint density at radius 1 is 1.24 bits per heavy atom. The largest absolute Gasteiger partial charge is 0.435 e. The SMILES string of the molecule is CCCNC(=O)CN1CCN(C(=O)c2cccc(OC(F)F)c2)CC1. The second-order valence-corrected chi connectivity index (χ2v) is 5.82. The number of carbonyl (C=O) groups is 2. The molecule has 0 saturated carbocycles. The van der Waals surface area contributed by atoms with Gasteiger partial charge in [-0.3, -0.25) is 14.5 Å². The quantitative estimate of drug-likeness (QED) is 0.807. The van der Waals surface area contributed by atoms with E-state index in [4.69, 9.17) is 0 Å². The van der Waals surface area contributed by atoms with Crippen LogP contribution < -0.4 is 10.1 Å². The number of piperazine rings is 1. The summed E-state index contributed by atoms with van der Waals surface area (Å²) in [6.45, 7) is 2.21. The first kappa shape index (κ1) is 19.1. The highest BCUT2D eigenvalue weighted by Crippen LogP contribution is 2.18. The highest BCUT2D eigenvalue weighted by atomic mass is 19.3. The molecule has 1 fully saturated rings. The fraction of sp³-hybridized carbons (Fsp3) is 0.529.